The van der Waals surface area contributed by atoms with Crippen LogP contribution in [0.25, 0.3) is 6.08 Å². The first-order chi connectivity index (χ1) is 21.2. The van der Waals surface area contributed by atoms with Crippen molar-refractivity contribution >= 4 is 46.0 Å². The van der Waals surface area contributed by atoms with E-state index in [4.69, 9.17) is 14.2 Å². The van der Waals surface area contributed by atoms with Gasteiger partial charge >= 0.3 is 5.97 Å². The first kappa shape index (κ1) is 31.2. The summed E-state index contributed by atoms with van der Waals surface area (Å²) in [6, 6.07) is 21.9. The Kier molecular flexibility index (Phi) is 9.66. The van der Waals surface area contributed by atoms with E-state index < -0.39 is 12.0 Å². The zero-order chi connectivity index (χ0) is 31.4. The molecule has 0 bridgehead atoms. The second kappa shape index (κ2) is 13.6. The molecule has 0 spiro atoms. The summed E-state index contributed by atoms with van der Waals surface area (Å²) >= 11 is 3.46. The van der Waals surface area contributed by atoms with Crippen LogP contribution in [-0.2, 0) is 16.1 Å². The number of ether oxygens (including phenoxy) is 3. The van der Waals surface area contributed by atoms with Gasteiger partial charge in [0.1, 0.15) is 24.1 Å². The highest BCUT2D eigenvalue weighted by molar-refractivity contribution is 14.1. The molecular formula is C34H30IN3O5S. The number of nitriles is 1. The lowest BCUT2D eigenvalue weighted by molar-refractivity contribution is -0.139. The second-order valence-corrected chi connectivity index (χ2v) is 12.4. The van der Waals surface area contributed by atoms with Gasteiger partial charge in [-0.3, -0.25) is 9.36 Å². The van der Waals surface area contributed by atoms with Crippen LogP contribution < -0.4 is 24.4 Å². The lowest BCUT2D eigenvalue weighted by atomic mass is 9.95. The minimum Gasteiger partial charge on any atom is -0.491 e. The van der Waals surface area contributed by atoms with Crippen LogP contribution in [0.3, 0.4) is 0 Å². The van der Waals surface area contributed by atoms with Gasteiger partial charge in [-0.25, -0.2) is 9.79 Å². The number of hydrogen-bond acceptors (Lipinski definition) is 8. The van der Waals surface area contributed by atoms with E-state index in [1.54, 1.807) is 24.5 Å². The highest BCUT2D eigenvalue weighted by atomic mass is 127. The molecule has 0 amide bonds. The normalized spacial score (nSPS) is 14.6. The van der Waals surface area contributed by atoms with Gasteiger partial charge in [-0.15, -0.1) is 0 Å². The molecule has 1 aliphatic heterocycles. The largest absolute Gasteiger partial charge is 0.491 e. The number of nitrogens with zero attached hydrogens (tertiary/aromatic N) is 3. The molecule has 0 fully saturated rings. The van der Waals surface area contributed by atoms with E-state index >= 15 is 0 Å². The minimum absolute atomic E-state index is 0.112. The van der Waals surface area contributed by atoms with Crippen molar-refractivity contribution in [3.05, 3.63) is 124 Å². The van der Waals surface area contributed by atoms with Gasteiger partial charge in [0.2, 0.25) is 0 Å². The minimum atomic E-state index is -0.769. The molecule has 0 aliphatic carbocycles. The molecule has 3 aromatic carbocycles. The maximum absolute atomic E-state index is 14.1. The second-order valence-electron chi connectivity index (χ2n) is 10.3. The van der Waals surface area contributed by atoms with Crippen molar-refractivity contribution < 1.29 is 19.0 Å². The number of para-hydroxylation sites is 1. The first-order valence-corrected chi connectivity index (χ1v) is 16.0. The molecule has 224 valence electrons. The maximum Gasteiger partial charge on any atom is 0.338 e. The number of fused-ring (bicyclic) bond motifs is 1. The van der Waals surface area contributed by atoms with Crippen LogP contribution in [0.1, 0.15) is 56.0 Å². The van der Waals surface area contributed by atoms with Crippen LogP contribution in [0.2, 0.25) is 0 Å². The van der Waals surface area contributed by atoms with Crippen LogP contribution in [0.5, 0.6) is 11.5 Å². The van der Waals surface area contributed by atoms with Gasteiger partial charge in [-0.1, -0.05) is 53.8 Å². The van der Waals surface area contributed by atoms with Gasteiger partial charge in [-0.2, -0.15) is 5.26 Å². The van der Waals surface area contributed by atoms with Crippen LogP contribution in [-0.4, -0.2) is 23.2 Å². The molecule has 1 aromatic heterocycles. The lowest BCUT2D eigenvalue weighted by Crippen LogP contribution is -2.40. The van der Waals surface area contributed by atoms with E-state index in [0.717, 1.165) is 14.7 Å². The molecule has 4 aromatic rings. The fourth-order valence-electron chi connectivity index (χ4n) is 4.94. The highest BCUT2D eigenvalue weighted by Crippen LogP contribution is 2.36. The van der Waals surface area contributed by atoms with Gasteiger partial charge in [-0.05, 0) is 86.2 Å². The molecular weight excluding hydrogens is 689 g/mol. The van der Waals surface area contributed by atoms with Crippen LogP contribution >= 0.6 is 33.9 Å². The molecule has 0 radical (unpaired) electrons. The van der Waals surface area contributed by atoms with Gasteiger partial charge in [0.05, 0.1) is 43.7 Å². The van der Waals surface area contributed by atoms with Gasteiger partial charge in [0.25, 0.3) is 5.56 Å². The SMILES string of the molecule is CCOC(=O)C1=C(C)N=c2s/c(=C/c3ccc(OCc4ccccc4C#N)c(I)c3)c(=O)n2[C@@H]1c1ccccc1OC(C)C. The summed E-state index contributed by atoms with van der Waals surface area (Å²) in [6.45, 7) is 7.83. The number of carbonyl (C=O) groups is 1. The van der Waals surface area contributed by atoms with Crippen molar-refractivity contribution in [2.45, 2.75) is 46.4 Å². The van der Waals surface area contributed by atoms with Crippen molar-refractivity contribution in [1.29, 1.82) is 5.26 Å². The molecule has 0 N–H and O–H groups in total. The monoisotopic (exact) mass is 719 g/mol. The first-order valence-electron chi connectivity index (χ1n) is 14.1. The zero-order valence-corrected chi connectivity index (χ0v) is 27.6. The zero-order valence-electron chi connectivity index (χ0n) is 24.7. The predicted octanol–water partition coefficient (Wildman–Crippen LogP) is 5.64. The van der Waals surface area contributed by atoms with Crippen LogP contribution in [0, 0.1) is 14.9 Å². The Labute approximate surface area is 272 Å². The van der Waals surface area contributed by atoms with Gasteiger partial charge in [0, 0.05) is 11.1 Å². The Bertz CT molecular complexity index is 1990. The molecule has 10 heteroatoms. The summed E-state index contributed by atoms with van der Waals surface area (Å²) < 4.78 is 20.4. The highest BCUT2D eigenvalue weighted by Gasteiger charge is 2.35. The van der Waals surface area contributed by atoms with E-state index in [0.29, 0.717) is 43.2 Å². The average Bonchev–Trinajstić information content (AvgIpc) is 3.30. The smallest absolute Gasteiger partial charge is 0.338 e. The number of benzene rings is 3. The number of aromatic nitrogens is 1. The van der Waals surface area contributed by atoms with Crippen molar-refractivity contribution in [2.75, 3.05) is 6.61 Å². The Morgan fingerprint density at radius 3 is 2.61 bits per heavy atom. The number of hydrogen-bond donors (Lipinski definition) is 0. The Balaban J connectivity index is 1.55. The fraction of sp³-hybridized carbons (Fsp3) is 0.235. The molecule has 8 nitrogen and oxygen atoms in total. The number of esters is 1. The predicted molar refractivity (Wildman–Crippen MR) is 177 cm³/mol. The quantitative estimate of drug-likeness (QED) is 0.164. The van der Waals surface area contributed by atoms with Crippen LogP contribution in [0.15, 0.2) is 87.8 Å². The summed E-state index contributed by atoms with van der Waals surface area (Å²) in [5, 5.41) is 9.36. The molecule has 5 rings (SSSR count). The van der Waals surface area contributed by atoms with Crippen LogP contribution in [0.4, 0.5) is 0 Å². The topological polar surface area (TPSA) is 103 Å². The summed E-state index contributed by atoms with van der Waals surface area (Å²) in [5.41, 5.74) is 3.41. The summed E-state index contributed by atoms with van der Waals surface area (Å²) in [6.07, 6.45) is 1.70. The van der Waals surface area contributed by atoms with E-state index in [1.807, 2.05) is 80.6 Å². The Hall–Kier alpha value is -4.21. The standard InChI is InChI=1S/C34H30IN3O5S/c1-5-41-33(40)30-21(4)37-34-38(31(30)25-12-8-9-13-27(25)43-20(2)3)32(39)29(44-34)17-22-14-15-28(26(35)16-22)42-19-24-11-7-6-10-23(24)18-36/h6-17,20,31H,5,19H2,1-4H3/b29-17+/t31-/m1/s1. The van der Waals surface area contributed by atoms with E-state index in [-0.39, 0.29) is 24.9 Å². The number of carbonyl (C=O) groups excluding carboxylic acids is 1. The summed E-state index contributed by atoms with van der Waals surface area (Å²) in [4.78, 5) is 32.5. The third-order valence-electron chi connectivity index (χ3n) is 6.87. The molecule has 0 saturated carbocycles. The number of halogens is 1. The maximum atomic E-state index is 14.1. The molecule has 1 atom stereocenters. The van der Waals surface area contributed by atoms with Crippen molar-refractivity contribution in [1.82, 2.24) is 4.57 Å². The number of thiazole rings is 1. The molecule has 0 saturated heterocycles. The molecule has 1 aliphatic rings. The number of allylic oxidation sites excluding steroid dienone is 1. The summed E-state index contributed by atoms with van der Waals surface area (Å²) in [7, 11) is 0. The molecule has 2 heterocycles. The molecule has 0 unspecified atom stereocenters. The van der Waals surface area contributed by atoms with Crippen molar-refractivity contribution in [3.63, 3.8) is 0 Å². The Morgan fingerprint density at radius 1 is 1.14 bits per heavy atom. The summed E-state index contributed by atoms with van der Waals surface area (Å²) in [5.74, 6) is 0.740. The third-order valence-corrected chi connectivity index (χ3v) is 8.69. The molecule has 44 heavy (non-hydrogen) atoms. The van der Waals surface area contributed by atoms with Crippen molar-refractivity contribution in [2.24, 2.45) is 4.99 Å². The van der Waals surface area contributed by atoms with E-state index in [2.05, 4.69) is 33.7 Å². The van der Waals surface area contributed by atoms with E-state index in [1.165, 1.54) is 11.3 Å². The van der Waals surface area contributed by atoms with E-state index in [9.17, 15) is 14.9 Å². The van der Waals surface area contributed by atoms with Crippen molar-refractivity contribution in [3.8, 4) is 17.6 Å². The Morgan fingerprint density at radius 2 is 1.89 bits per heavy atom. The average molecular weight is 720 g/mol. The van der Waals surface area contributed by atoms with Gasteiger partial charge in [0.15, 0.2) is 4.80 Å². The lowest BCUT2D eigenvalue weighted by Gasteiger charge is -2.26. The fourth-order valence-corrected chi connectivity index (χ4v) is 6.68. The van der Waals surface area contributed by atoms with Gasteiger partial charge < -0.3 is 14.2 Å². The third kappa shape index (κ3) is 6.49. The number of rotatable bonds is 9.